The fraction of sp³-hybridized carbons (Fsp3) is 0.608. The lowest BCUT2D eigenvalue weighted by Crippen LogP contribution is -2.65. The third-order valence-electron chi connectivity index (χ3n) is 20.2. The van der Waals surface area contributed by atoms with Crippen LogP contribution in [0.4, 0.5) is 13.2 Å². The van der Waals surface area contributed by atoms with Crippen molar-refractivity contribution < 1.29 is 70.7 Å². The Hall–Kier alpha value is -8.69. The van der Waals surface area contributed by atoms with Crippen LogP contribution in [0.15, 0.2) is 67.0 Å². The van der Waals surface area contributed by atoms with Crippen molar-refractivity contribution in [2.45, 2.75) is 194 Å². The summed E-state index contributed by atoms with van der Waals surface area (Å²) >= 11 is 6.17. The van der Waals surface area contributed by atoms with Gasteiger partial charge < -0.3 is 60.0 Å². The van der Waals surface area contributed by atoms with Crippen LogP contribution < -0.4 is 16.0 Å². The van der Waals surface area contributed by atoms with Crippen LogP contribution in [-0.4, -0.2) is 257 Å². The first-order chi connectivity index (χ1) is 48.1. The number of carbonyl (C=O) groups excluding carboxylic acids is 12. The number of likely N-dealkylation sites (N-methyl/N-ethyl adjacent to an activating group) is 8. The smallest absolute Gasteiger partial charge is 0.347 e. The van der Waals surface area contributed by atoms with Gasteiger partial charge in [0.2, 0.25) is 70.9 Å². The predicted octanol–water partition coefficient (Wildman–Crippen LogP) is 5.26. The normalized spacial score (nSPS) is 24.6. The quantitative estimate of drug-likeness (QED) is 0.175. The average molecular weight is 1460 g/mol. The molecule has 0 radical (unpaired) electrons. The summed E-state index contributed by atoms with van der Waals surface area (Å²) in [5.41, 5.74) is 1.16. The number of fused-ring (bicyclic) bond motifs is 1. The van der Waals surface area contributed by atoms with Crippen molar-refractivity contribution in [3.63, 3.8) is 0 Å². The van der Waals surface area contributed by atoms with Gasteiger partial charge in [-0.15, -0.1) is 0 Å². The van der Waals surface area contributed by atoms with Crippen LogP contribution in [0, 0.1) is 30.6 Å². The molecule has 1 aromatic heterocycles. The number of hydrogen-bond donors (Lipinski definition) is 3. The van der Waals surface area contributed by atoms with E-state index in [0.29, 0.717) is 24.0 Å². The second-order valence-corrected chi connectivity index (χ2v) is 29.1. The van der Waals surface area contributed by atoms with Crippen molar-refractivity contribution in [3.05, 3.63) is 99.8 Å². The molecule has 5 rings (SSSR count). The molecule has 0 saturated carbocycles. The summed E-state index contributed by atoms with van der Waals surface area (Å²) in [6, 6.07) is 0.0380. The lowest BCUT2D eigenvalue weighted by molar-refractivity contribution is -0.160. The Bertz CT molecular complexity index is 3530. The summed E-state index contributed by atoms with van der Waals surface area (Å²) in [7, 11) is 12.4. The van der Waals surface area contributed by atoms with E-state index >= 15 is 24.0 Å². The second kappa shape index (κ2) is 37.1. The Morgan fingerprint density at radius 3 is 1.70 bits per heavy atom. The lowest BCUT2D eigenvalue weighted by atomic mass is 9.93. The van der Waals surface area contributed by atoms with E-state index in [9.17, 15) is 46.7 Å². The fourth-order valence-corrected chi connectivity index (χ4v) is 13.1. The van der Waals surface area contributed by atoms with Gasteiger partial charge in [-0.25, -0.2) is 0 Å². The number of nitrogens with one attached hydrogen (secondary N) is 3. The van der Waals surface area contributed by atoms with Crippen LogP contribution in [-0.2, 0) is 83.0 Å². The van der Waals surface area contributed by atoms with Crippen molar-refractivity contribution in [3.8, 4) is 0 Å². The third-order valence-corrected chi connectivity index (χ3v) is 20.6. The monoisotopic (exact) mass is 1460 g/mol. The van der Waals surface area contributed by atoms with E-state index in [1.165, 1.54) is 118 Å². The molecule has 3 aromatic rings. The molecule has 2 aliphatic rings. The molecule has 2 aromatic carbocycles. The van der Waals surface area contributed by atoms with Gasteiger partial charge in [0.1, 0.15) is 60.4 Å². The molecule has 3 heterocycles. The summed E-state index contributed by atoms with van der Waals surface area (Å²) < 4.78 is 41.8. The number of rotatable bonds is 15. The first kappa shape index (κ1) is 85.0. The molecule has 2 saturated heterocycles. The Morgan fingerprint density at radius 1 is 0.621 bits per heavy atom. The number of nitrogens with zero attached hydrogens (tertiary/aromatic N) is 10. The molecule has 0 aliphatic carbocycles. The number of halogens is 4. The first-order valence-electron chi connectivity index (χ1n) is 35.2. The maximum absolute atomic E-state index is 15.4. The summed E-state index contributed by atoms with van der Waals surface area (Å²) in [4.78, 5) is 194. The van der Waals surface area contributed by atoms with E-state index in [-0.39, 0.29) is 56.6 Å². The van der Waals surface area contributed by atoms with Gasteiger partial charge in [0, 0.05) is 95.2 Å². The summed E-state index contributed by atoms with van der Waals surface area (Å²) in [6.07, 6.45) is -2.30. The highest BCUT2D eigenvalue weighted by molar-refractivity contribution is 6.31. The van der Waals surface area contributed by atoms with Crippen LogP contribution in [0.25, 0.3) is 0 Å². The molecule has 12 amide bonds. The first-order valence-corrected chi connectivity index (χ1v) is 35.5. The number of carbonyl (C=O) groups is 12. The molecule has 568 valence electrons. The molecule has 103 heavy (non-hydrogen) atoms. The van der Waals surface area contributed by atoms with Gasteiger partial charge in [0.05, 0.1) is 23.6 Å². The minimum Gasteiger partial charge on any atom is -0.347 e. The molecule has 3 N–H and O–H groups in total. The van der Waals surface area contributed by atoms with E-state index in [1.54, 1.807) is 58.9 Å². The van der Waals surface area contributed by atoms with Crippen LogP contribution >= 0.6 is 11.6 Å². The Balaban J connectivity index is 1.70. The molecular weight excluding hydrogens is 1360 g/mol. The molecule has 25 nitrogen and oxygen atoms in total. The molecule has 0 spiro atoms. The zero-order valence-corrected chi connectivity index (χ0v) is 63.9. The van der Waals surface area contributed by atoms with Gasteiger partial charge in [-0.2, -0.15) is 13.2 Å². The summed E-state index contributed by atoms with van der Waals surface area (Å²) in [5, 5.41) is 7.83. The number of amides is 12. The van der Waals surface area contributed by atoms with Gasteiger partial charge >= 0.3 is 6.18 Å². The highest BCUT2D eigenvalue weighted by Gasteiger charge is 2.47. The molecule has 1 unspecified atom stereocenters. The highest BCUT2D eigenvalue weighted by atomic mass is 35.5. The topological polar surface area (TPSA) is 283 Å². The summed E-state index contributed by atoms with van der Waals surface area (Å²) in [5.74, 6) is -10.9. The molecule has 29 heteroatoms. The Kier molecular flexibility index (Phi) is 30.6. The number of hydrogen-bond acceptors (Lipinski definition) is 13. The Morgan fingerprint density at radius 2 is 1.17 bits per heavy atom. The predicted molar refractivity (Wildman–Crippen MR) is 383 cm³/mol. The SMILES string of the molecule is CC[C@H](C)[C@@H]1NC(=O)[C@H](CC(C)C)N(C)C(=O)C[C@@H](C(=O)N(C)C)N(C)C(=O)[C@H]([C@@H](C)CC)N(C)C(=O)[C@H](C(C)C)NC(=O)[C@H](Cc2ccncc2)N(C)C(=O)[C@H](CCc2ccc(C(F)(F)F)c(Cl)c2)NC(=O)CN(C)C(=O)[C@H](Cc2ccc(C)cc2)N(C)C(=O)C2CCN2C(=O)[C@H](C)N(C)C1=O. The largest absolute Gasteiger partial charge is 0.417 e. The van der Waals surface area contributed by atoms with Gasteiger partial charge in [0.15, 0.2) is 0 Å². The van der Waals surface area contributed by atoms with Crippen molar-refractivity contribution >= 4 is 82.5 Å². The van der Waals surface area contributed by atoms with Crippen molar-refractivity contribution in [1.82, 2.24) is 65.0 Å². The maximum atomic E-state index is 15.4. The zero-order valence-electron chi connectivity index (χ0n) is 63.1. The van der Waals surface area contributed by atoms with Crippen molar-refractivity contribution in [2.24, 2.45) is 23.7 Å². The van der Waals surface area contributed by atoms with Crippen molar-refractivity contribution in [2.75, 3.05) is 76.5 Å². The van der Waals surface area contributed by atoms with E-state index in [4.69, 9.17) is 11.6 Å². The van der Waals surface area contributed by atoms with Crippen LogP contribution in [0.2, 0.25) is 5.02 Å². The van der Waals surface area contributed by atoms with Crippen molar-refractivity contribution in [1.29, 1.82) is 0 Å². The van der Waals surface area contributed by atoms with Gasteiger partial charge in [-0.1, -0.05) is 116 Å². The average Bonchev–Trinajstić information content (AvgIpc) is 0.788. The second-order valence-electron chi connectivity index (χ2n) is 28.7. The molecule has 0 bridgehead atoms. The number of pyridine rings is 1. The molecule has 2 aliphatic heterocycles. The summed E-state index contributed by atoms with van der Waals surface area (Å²) in [6.45, 7) is 16.8. The minimum absolute atomic E-state index is 0.0705. The molecule has 12 atom stereocenters. The van der Waals surface area contributed by atoms with Crippen LogP contribution in [0.1, 0.15) is 129 Å². The van der Waals surface area contributed by atoms with Crippen LogP contribution in [0.3, 0.4) is 0 Å². The zero-order chi connectivity index (χ0) is 77.6. The number of benzene rings is 2. The van der Waals surface area contributed by atoms with Gasteiger partial charge in [-0.3, -0.25) is 62.5 Å². The van der Waals surface area contributed by atoms with E-state index in [2.05, 4.69) is 20.9 Å². The lowest BCUT2D eigenvalue weighted by Gasteiger charge is -2.45. The number of aromatic nitrogens is 1. The standard InChI is InChI=1S/C74H107ClF3N13O12/c1-20-45(8)62-72(102)85(14)47(10)66(96)91-35-32-54(91)70(100)88(17)57(39-49-24-22-44(7)23-25-49)69(99)84(13)41-59(92)80-53(29-27-48-26-28-51(52(75)37-48)74(76,77)78)67(97)87(16)56(38-50-30-33-79-34-31-50)65(95)81-61(43(5)6)71(101)90(19)63(46(9)21-2)73(103)89(18)58(68(98)83(11)12)40-60(93)86(15)55(36-42(3)4)64(94)82-62/h22-26,28,30-31,33-34,37,42-43,45-47,53-58,61-63H,20-21,27,29,32,35-36,38-41H2,1-19H3,(H,80,92)(H,81,95)(H,82,94)/t45-,46-,47-,53-,54?,55-,56-,57-,58-,61-,62-,63-/m0/s1. The molecule has 2 fully saturated rings. The van der Waals surface area contributed by atoms with E-state index in [0.717, 1.165) is 32.4 Å². The maximum Gasteiger partial charge on any atom is 0.417 e. The van der Waals surface area contributed by atoms with Gasteiger partial charge in [-0.05, 0) is 104 Å². The fourth-order valence-electron chi connectivity index (χ4n) is 12.8. The minimum atomic E-state index is -4.80. The Labute approximate surface area is 609 Å². The van der Waals surface area contributed by atoms with Gasteiger partial charge in [0.25, 0.3) is 0 Å². The number of alkyl halides is 3. The van der Waals surface area contributed by atoms with E-state index in [1.807, 2.05) is 39.8 Å². The van der Waals surface area contributed by atoms with E-state index < -0.39 is 179 Å². The third kappa shape index (κ3) is 21.5. The van der Waals surface area contributed by atoms with Crippen LogP contribution in [0.5, 0.6) is 0 Å². The number of aryl methyl sites for hydroxylation is 2. The highest BCUT2D eigenvalue weighted by Crippen LogP contribution is 2.36. The molecular formula is C74H107ClF3N13O12.